The van der Waals surface area contributed by atoms with Gasteiger partial charge in [0.1, 0.15) is 12.0 Å². The number of benzene rings is 2. The maximum Gasteiger partial charge on any atom is 0.411 e. The van der Waals surface area contributed by atoms with E-state index in [1.807, 2.05) is 43.0 Å². The van der Waals surface area contributed by atoms with Gasteiger partial charge in [-0.3, -0.25) is 10.1 Å². The number of halogens is 2. The molecule has 0 bridgehead atoms. The van der Waals surface area contributed by atoms with Gasteiger partial charge in [-0.2, -0.15) is 0 Å². The van der Waals surface area contributed by atoms with E-state index in [0.717, 1.165) is 5.56 Å². The molecule has 0 aliphatic carbocycles. The van der Waals surface area contributed by atoms with E-state index in [-0.39, 0.29) is 23.9 Å². The zero-order valence-electron chi connectivity index (χ0n) is 16.2. The molecule has 2 atom stereocenters. The highest BCUT2D eigenvalue weighted by atomic mass is 35.5. The Hall–Kier alpha value is -1.89. The number of aryl methyl sites for hydroxylation is 1. The highest BCUT2D eigenvalue weighted by molar-refractivity contribution is 8.00. The molecule has 0 aromatic heterocycles. The average molecular weight is 453 g/mol. The van der Waals surface area contributed by atoms with Crippen molar-refractivity contribution in [3.63, 3.8) is 0 Å². The summed E-state index contributed by atoms with van der Waals surface area (Å²) in [6.07, 6.45) is 0.0716. The Morgan fingerprint density at radius 1 is 1.24 bits per heavy atom. The van der Waals surface area contributed by atoms with Crippen LogP contribution >= 0.6 is 35.0 Å². The van der Waals surface area contributed by atoms with Gasteiger partial charge in [-0.25, -0.2) is 4.79 Å². The van der Waals surface area contributed by atoms with Crippen LogP contribution in [0.4, 0.5) is 10.5 Å². The Morgan fingerprint density at radius 2 is 1.97 bits per heavy atom. The monoisotopic (exact) mass is 452 g/mol. The van der Waals surface area contributed by atoms with Gasteiger partial charge in [0, 0.05) is 5.69 Å². The van der Waals surface area contributed by atoms with Gasteiger partial charge in [0.15, 0.2) is 0 Å². The second-order valence-corrected chi connectivity index (χ2v) is 8.67. The van der Waals surface area contributed by atoms with Crippen molar-refractivity contribution in [1.82, 2.24) is 4.90 Å². The highest BCUT2D eigenvalue weighted by Crippen LogP contribution is 2.40. The minimum Gasteiger partial charge on any atom is -0.447 e. The van der Waals surface area contributed by atoms with Crippen molar-refractivity contribution in [1.29, 1.82) is 0 Å². The highest BCUT2D eigenvalue weighted by Gasteiger charge is 2.37. The molecule has 3 rings (SSSR count). The number of hydrogen-bond acceptors (Lipinski definition) is 4. The van der Waals surface area contributed by atoms with Gasteiger partial charge in [0.25, 0.3) is 0 Å². The molecule has 29 heavy (non-hydrogen) atoms. The van der Waals surface area contributed by atoms with Crippen LogP contribution in [0.5, 0.6) is 0 Å². The number of hydrogen-bond donors (Lipinski definition) is 1. The van der Waals surface area contributed by atoms with Gasteiger partial charge < -0.3 is 9.64 Å². The SMILES string of the molecule is CC[C@@H](COC(=O)Nc1ccc(Cl)c(Cl)c1)N1C(=O)CS[C@@H]1c1ccc(C)cc1. The zero-order valence-corrected chi connectivity index (χ0v) is 18.5. The van der Waals surface area contributed by atoms with Gasteiger partial charge in [-0.15, -0.1) is 11.8 Å². The Bertz CT molecular complexity index is 892. The normalized spacial score (nSPS) is 17.3. The fourth-order valence-corrected chi connectivity index (χ4v) is 4.66. The fraction of sp³-hybridized carbons (Fsp3) is 0.333. The molecule has 0 unspecified atom stereocenters. The van der Waals surface area contributed by atoms with Crippen LogP contribution in [-0.2, 0) is 9.53 Å². The molecule has 2 amide bonds. The Morgan fingerprint density at radius 3 is 2.62 bits per heavy atom. The topological polar surface area (TPSA) is 58.6 Å². The largest absolute Gasteiger partial charge is 0.447 e. The first-order valence-corrected chi connectivity index (χ1v) is 11.1. The molecule has 1 heterocycles. The summed E-state index contributed by atoms with van der Waals surface area (Å²) in [4.78, 5) is 26.6. The third-order valence-corrected chi connectivity index (χ3v) is 6.67. The molecule has 1 fully saturated rings. The number of amides is 2. The number of thioether (sulfide) groups is 1. The second kappa shape index (κ2) is 9.74. The lowest BCUT2D eigenvalue weighted by Gasteiger charge is -2.32. The molecule has 1 N–H and O–H groups in total. The maximum atomic E-state index is 12.6. The minimum atomic E-state index is -0.604. The molecule has 0 saturated carbocycles. The van der Waals surface area contributed by atoms with Crippen LogP contribution < -0.4 is 5.32 Å². The Labute approximate surface area is 184 Å². The number of rotatable bonds is 6. The molecule has 2 aromatic rings. The first-order chi connectivity index (χ1) is 13.9. The van der Waals surface area contributed by atoms with E-state index < -0.39 is 6.09 Å². The summed E-state index contributed by atoms with van der Waals surface area (Å²) in [5, 5.41) is 3.30. The summed E-state index contributed by atoms with van der Waals surface area (Å²) >= 11 is 13.4. The Kier molecular flexibility index (Phi) is 7.33. The smallest absolute Gasteiger partial charge is 0.411 e. The summed E-state index contributed by atoms with van der Waals surface area (Å²) in [7, 11) is 0. The number of carbonyl (C=O) groups is 2. The van der Waals surface area contributed by atoms with Crippen molar-refractivity contribution in [3.05, 3.63) is 63.6 Å². The number of anilines is 1. The predicted molar refractivity (Wildman–Crippen MR) is 119 cm³/mol. The van der Waals surface area contributed by atoms with Crippen LogP contribution in [0, 0.1) is 6.92 Å². The summed E-state index contributed by atoms with van der Waals surface area (Å²) in [6.45, 7) is 4.12. The molecule has 1 aliphatic rings. The van der Waals surface area contributed by atoms with Crippen LogP contribution in [0.25, 0.3) is 0 Å². The summed E-state index contributed by atoms with van der Waals surface area (Å²) in [6, 6.07) is 12.8. The minimum absolute atomic E-state index is 0.0564. The fourth-order valence-electron chi connectivity index (χ4n) is 3.11. The van der Waals surface area contributed by atoms with Crippen molar-refractivity contribution in [2.75, 3.05) is 17.7 Å². The van der Waals surface area contributed by atoms with E-state index in [0.29, 0.717) is 27.9 Å². The summed E-state index contributed by atoms with van der Waals surface area (Å²) < 4.78 is 5.40. The summed E-state index contributed by atoms with van der Waals surface area (Å²) in [5.74, 6) is 0.478. The van der Waals surface area contributed by atoms with E-state index >= 15 is 0 Å². The lowest BCUT2D eigenvalue weighted by molar-refractivity contribution is -0.131. The van der Waals surface area contributed by atoms with Crippen LogP contribution in [0.1, 0.15) is 29.8 Å². The zero-order chi connectivity index (χ0) is 21.0. The molecule has 8 heteroatoms. The van der Waals surface area contributed by atoms with Crippen LogP contribution in [-0.4, -0.2) is 35.3 Å². The average Bonchev–Trinajstić information content (AvgIpc) is 3.07. The van der Waals surface area contributed by atoms with Gasteiger partial charge in [-0.1, -0.05) is 60.0 Å². The maximum absolute atomic E-state index is 12.6. The molecule has 0 radical (unpaired) electrons. The number of nitrogens with one attached hydrogen (secondary N) is 1. The van der Waals surface area contributed by atoms with E-state index in [4.69, 9.17) is 27.9 Å². The van der Waals surface area contributed by atoms with Gasteiger partial charge in [-0.05, 0) is 37.1 Å². The standard InChI is InChI=1S/C21H22Cl2N2O3S/c1-3-16(11-28-21(27)24-15-8-9-17(22)18(23)10-15)25-19(26)12-29-20(25)14-6-4-13(2)5-7-14/h4-10,16,20H,3,11-12H2,1-2H3,(H,24,27)/t16-,20+/m0/s1. The first kappa shape index (κ1) is 21.8. The first-order valence-electron chi connectivity index (χ1n) is 9.27. The second-order valence-electron chi connectivity index (χ2n) is 6.79. The summed E-state index contributed by atoms with van der Waals surface area (Å²) in [5.41, 5.74) is 2.73. The van der Waals surface area contributed by atoms with Gasteiger partial charge in [0.05, 0.1) is 21.8 Å². The van der Waals surface area contributed by atoms with Crippen molar-refractivity contribution in [2.24, 2.45) is 0 Å². The number of ether oxygens (including phenoxy) is 1. The number of carbonyl (C=O) groups excluding carboxylic acids is 2. The van der Waals surface area contributed by atoms with E-state index in [9.17, 15) is 9.59 Å². The van der Waals surface area contributed by atoms with Crippen LogP contribution in [0.15, 0.2) is 42.5 Å². The lowest BCUT2D eigenvalue weighted by atomic mass is 10.1. The van der Waals surface area contributed by atoms with E-state index in [1.54, 1.807) is 30.0 Å². The molecule has 154 valence electrons. The third kappa shape index (κ3) is 5.38. The molecule has 1 saturated heterocycles. The van der Waals surface area contributed by atoms with Gasteiger partial charge in [0.2, 0.25) is 5.91 Å². The molecule has 0 spiro atoms. The van der Waals surface area contributed by atoms with Crippen molar-refractivity contribution in [2.45, 2.75) is 31.7 Å². The van der Waals surface area contributed by atoms with Crippen molar-refractivity contribution >= 4 is 52.7 Å². The van der Waals surface area contributed by atoms with E-state index in [2.05, 4.69) is 5.32 Å². The predicted octanol–water partition coefficient (Wildman–Crippen LogP) is 5.90. The molecule has 1 aliphatic heterocycles. The van der Waals surface area contributed by atoms with Crippen LogP contribution in [0.2, 0.25) is 10.0 Å². The molecular weight excluding hydrogens is 431 g/mol. The van der Waals surface area contributed by atoms with Crippen LogP contribution in [0.3, 0.4) is 0 Å². The Balaban J connectivity index is 1.64. The third-order valence-electron chi connectivity index (χ3n) is 4.71. The van der Waals surface area contributed by atoms with Crippen molar-refractivity contribution in [3.8, 4) is 0 Å². The molecule has 2 aromatic carbocycles. The van der Waals surface area contributed by atoms with Gasteiger partial charge >= 0.3 is 6.09 Å². The van der Waals surface area contributed by atoms with E-state index in [1.165, 1.54) is 5.56 Å². The quantitative estimate of drug-likeness (QED) is 0.592. The molecular formula is C21H22Cl2N2O3S. The number of nitrogens with zero attached hydrogens (tertiary/aromatic N) is 1. The van der Waals surface area contributed by atoms with Crippen molar-refractivity contribution < 1.29 is 14.3 Å². The molecule has 5 nitrogen and oxygen atoms in total. The lowest BCUT2D eigenvalue weighted by Crippen LogP contribution is -2.41.